The average molecular weight is 278 g/mol. The molecular weight excluding hydrogens is 266 g/mol. The lowest BCUT2D eigenvalue weighted by Gasteiger charge is -2.16. The molecule has 19 heavy (non-hydrogen) atoms. The van der Waals surface area contributed by atoms with Crippen molar-refractivity contribution in [3.63, 3.8) is 0 Å². The average Bonchev–Trinajstić information content (AvgIpc) is 2.92. The van der Waals surface area contributed by atoms with Crippen molar-refractivity contribution >= 4 is 11.6 Å². The molecule has 0 saturated heterocycles. The van der Waals surface area contributed by atoms with Crippen molar-refractivity contribution in [2.24, 2.45) is 5.73 Å². The van der Waals surface area contributed by atoms with Crippen LogP contribution in [-0.2, 0) is 0 Å². The van der Waals surface area contributed by atoms with Crippen LogP contribution in [-0.4, -0.2) is 11.5 Å². The highest BCUT2D eigenvalue weighted by molar-refractivity contribution is 6.30. The highest BCUT2D eigenvalue weighted by atomic mass is 35.5. The molecule has 2 rings (SSSR count). The predicted molar refractivity (Wildman–Crippen MR) is 69.7 cm³/mol. The molecule has 6 heteroatoms. The van der Waals surface area contributed by atoms with Crippen LogP contribution in [0, 0.1) is 11.3 Å². The lowest BCUT2D eigenvalue weighted by atomic mass is 10.2. The van der Waals surface area contributed by atoms with Crippen LogP contribution in [0.15, 0.2) is 35.1 Å². The molecule has 0 radical (unpaired) electrons. The summed E-state index contributed by atoms with van der Waals surface area (Å²) in [5.41, 5.74) is 5.95. The van der Waals surface area contributed by atoms with Gasteiger partial charge in [0.2, 0.25) is 5.89 Å². The zero-order chi connectivity index (χ0) is 13.7. The summed E-state index contributed by atoms with van der Waals surface area (Å²) in [6, 6.07) is 6.88. The third-order valence-corrected chi connectivity index (χ3v) is 2.72. The maximum atomic E-state index is 9.05. The Balaban J connectivity index is 2.27. The van der Waals surface area contributed by atoms with Gasteiger partial charge >= 0.3 is 0 Å². The smallest absolute Gasteiger partial charge is 0.235 e. The zero-order valence-electron chi connectivity index (χ0n) is 10.0. The highest BCUT2D eigenvalue weighted by Crippen LogP contribution is 2.28. The van der Waals surface area contributed by atoms with Crippen molar-refractivity contribution < 1.29 is 9.15 Å². The Labute approximate surface area is 115 Å². The third-order valence-electron chi connectivity index (χ3n) is 2.49. The molecule has 1 aromatic carbocycles. The van der Waals surface area contributed by atoms with Gasteiger partial charge < -0.3 is 14.9 Å². The molecule has 0 fully saturated rings. The van der Waals surface area contributed by atoms with Crippen LogP contribution in [0.3, 0.4) is 0 Å². The molecule has 1 atom stereocenters. The molecule has 0 amide bonds. The summed E-state index contributed by atoms with van der Waals surface area (Å²) in [5, 5.41) is 9.54. The van der Waals surface area contributed by atoms with Gasteiger partial charge in [-0.1, -0.05) is 11.6 Å². The van der Waals surface area contributed by atoms with Crippen molar-refractivity contribution in [2.45, 2.75) is 12.5 Å². The fourth-order valence-electron chi connectivity index (χ4n) is 1.62. The number of nitriles is 1. The van der Waals surface area contributed by atoms with Gasteiger partial charge in [0.15, 0.2) is 6.10 Å². The van der Waals surface area contributed by atoms with E-state index in [9.17, 15) is 0 Å². The van der Waals surface area contributed by atoms with Crippen molar-refractivity contribution in [1.82, 2.24) is 4.98 Å². The summed E-state index contributed by atoms with van der Waals surface area (Å²) in [4.78, 5) is 4.05. The lowest BCUT2D eigenvalue weighted by molar-refractivity contribution is 0.162. The quantitative estimate of drug-likeness (QED) is 0.908. The van der Waals surface area contributed by atoms with Gasteiger partial charge in [-0.15, -0.1) is 0 Å². The number of aromatic nitrogens is 1. The number of benzene rings is 1. The van der Waals surface area contributed by atoms with Crippen LogP contribution < -0.4 is 10.5 Å². The van der Waals surface area contributed by atoms with E-state index in [4.69, 9.17) is 31.8 Å². The van der Waals surface area contributed by atoms with Crippen LogP contribution in [0.1, 0.15) is 24.0 Å². The van der Waals surface area contributed by atoms with Gasteiger partial charge in [-0.05, 0) is 18.7 Å². The molecule has 0 aliphatic carbocycles. The van der Waals surface area contributed by atoms with E-state index in [0.29, 0.717) is 35.2 Å². The van der Waals surface area contributed by atoms with Gasteiger partial charge in [0.25, 0.3) is 0 Å². The Bertz CT molecular complexity index is 578. The Kier molecular flexibility index (Phi) is 4.39. The second-order valence-electron chi connectivity index (χ2n) is 3.81. The molecule has 1 unspecified atom stereocenters. The molecule has 2 aromatic rings. The van der Waals surface area contributed by atoms with Crippen LogP contribution in [0.5, 0.6) is 5.75 Å². The molecule has 2 N–H and O–H groups in total. The second kappa shape index (κ2) is 6.23. The lowest BCUT2D eigenvalue weighted by Crippen LogP contribution is -2.14. The topological polar surface area (TPSA) is 85.1 Å². The summed E-state index contributed by atoms with van der Waals surface area (Å²) in [6.45, 7) is 0.412. The number of ether oxygens (including phenoxy) is 1. The van der Waals surface area contributed by atoms with Gasteiger partial charge in [-0.25, -0.2) is 4.98 Å². The highest BCUT2D eigenvalue weighted by Gasteiger charge is 2.19. The van der Waals surface area contributed by atoms with Gasteiger partial charge in [0.1, 0.15) is 18.1 Å². The van der Waals surface area contributed by atoms with Crippen molar-refractivity contribution in [1.29, 1.82) is 5.26 Å². The van der Waals surface area contributed by atoms with Gasteiger partial charge in [-0.3, -0.25) is 0 Å². The molecule has 0 spiro atoms. The Hall–Kier alpha value is -2.03. The largest absolute Gasteiger partial charge is 0.479 e. The Morgan fingerprint density at radius 3 is 3.00 bits per heavy atom. The Morgan fingerprint density at radius 2 is 2.37 bits per heavy atom. The first-order chi connectivity index (χ1) is 9.24. The third kappa shape index (κ3) is 3.25. The van der Waals surface area contributed by atoms with E-state index in [-0.39, 0.29) is 0 Å². The number of halogens is 1. The monoisotopic (exact) mass is 277 g/mol. The molecule has 0 aliphatic heterocycles. The molecule has 0 aliphatic rings. The molecule has 0 bridgehead atoms. The number of hydrogen-bond donors (Lipinski definition) is 1. The zero-order valence-corrected chi connectivity index (χ0v) is 10.8. The fraction of sp³-hybridized carbons (Fsp3) is 0.231. The van der Waals surface area contributed by atoms with Crippen LogP contribution >= 0.6 is 11.6 Å². The molecule has 98 valence electrons. The molecule has 1 heterocycles. The summed E-state index contributed by atoms with van der Waals surface area (Å²) in [6.07, 6.45) is 3.08. The normalized spacial score (nSPS) is 11.8. The van der Waals surface area contributed by atoms with E-state index in [1.165, 1.54) is 12.5 Å². The minimum atomic E-state index is -0.439. The predicted octanol–water partition coefficient (Wildman–Crippen LogP) is 2.67. The van der Waals surface area contributed by atoms with Crippen LogP contribution in [0.2, 0.25) is 5.02 Å². The summed E-state index contributed by atoms with van der Waals surface area (Å²) < 4.78 is 11.0. The number of hydrogen-bond acceptors (Lipinski definition) is 5. The molecule has 0 saturated carbocycles. The number of nitrogens with two attached hydrogens (primary N) is 1. The van der Waals surface area contributed by atoms with E-state index >= 15 is 0 Å². The van der Waals surface area contributed by atoms with E-state index in [1.807, 2.05) is 6.07 Å². The van der Waals surface area contributed by atoms with Crippen molar-refractivity contribution in [2.75, 3.05) is 6.54 Å². The summed E-state index contributed by atoms with van der Waals surface area (Å²) >= 11 is 5.91. The Morgan fingerprint density at radius 1 is 1.53 bits per heavy atom. The van der Waals surface area contributed by atoms with Crippen molar-refractivity contribution in [3.05, 3.63) is 47.1 Å². The first kappa shape index (κ1) is 13.4. The fourth-order valence-corrected chi connectivity index (χ4v) is 1.78. The maximum Gasteiger partial charge on any atom is 0.235 e. The SMILES string of the molecule is N#Cc1ccc(Cl)cc1OC(CCN)c1ncco1. The maximum absolute atomic E-state index is 9.05. The van der Waals surface area contributed by atoms with Gasteiger partial charge in [-0.2, -0.15) is 5.26 Å². The summed E-state index contributed by atoms with van der Waals surface area (Å²) in [5.74, 6) is 0.820. The van der Waals surface area contributed by atoms with E-state index < -0.39 is 6.10 Å². The van der Waals surface area contributed by atoms with Gasteiger partial charge in [0, 0.05) is 17.5 Å². The molecular formula is C13H12ClN3O2. The molecule has 5 nitrogen and oxygen atoms in total. The number of rotatable bonds is 5. The van der Waals surface area contributed by atoms with E-state index in [1.54, 1.807) is 18.2 Å². The second-order valence-corrected chi connectivity index (χ2v) is 4.24. The van der Waals surface area contributed by atoms with Crippen LogP contribution in [0.25, 0.3) is 0 Å². The van der Waals surface area contributed by atoms with E-state index in [0.717, 1.165) is 0 Å². The first-order valence-electron chi connectivity index (χ1n) is 5.70. The van der Waals surface area contributed by atoms with E-state index in [2.05, 4.69) is 4.98 Å². The number of nitrogens with zero attached hydrogens (tertiary/aromatic N) is 2. The standard InChI is InChI=1S/C13H12ClN3O2/c14-10-2-1-9(8-16)12(7-10)19-11(3-4-15)13-17-5-6-18-13/h1-2,5-7,11H,3-4,15H2. The number of oxazole rings is 1. The first-order valence-corrected chi connectivity index (χ1v) is 6.08. The minimum absolute atomic E-state index is 0.395. The van der Waals surface area contributed by atoms with Crippen molar-refractivity contribution in [3.8, 4) is 11.8 Å². The van der Waals surface area contributed by atoms with Crippen LogP contribution in [0.4, 0.5) is 0 Å². The molecule has 1 aromatic heterocycles. The summed E-state index contributed by atoms with van der Waals surface area (Å²) in [7, 11) is 0. The van der Waals surface area contributed by atoms with Gasteiger partial charge in [0.05, 0.1) is 11.8 Å². The minimum Gasteiger partial charge on any atom is -0.479 e.